The van der Waals surface area contributed by atoms with E-state index in [4.69, 9.17) is 0 Å². The molecular weight excluding hydrogens is 400 g/mol. The van der Waals surface area contributed by atoms with Crippen LogP contribution in [-0.4, -0.2) is 61.3 Å². The van der Waals surface area contributed by atoms with Gasteiger partial charge in [-0.05, 0) is 68.2 Å². The Hall–Kier alpha value is -3.01. The van der Waals surface area contributed by atoms with Gasteiger partial charge in [-0.2, -0.15) is 5.26 Å². The number of carbonyl (C=O) groups is 2. The van der Waals surface area contributed by atoms with E-state index >= 15 is 0 Å². The average Bonchev–Trinajstić information content (AvgIpc) is 3.00. The first kappa shape index (κ1) is 23.6. The minimum Gasteiger partial charge on any atom is -0.349 e. The van der Waals surface area contributed by atoms with Gasteiger partial charge in [0.1, 0.15) is 5.78 Å². The molecule has 1 heterocycles. The lowest BCUT2D eigenvalue weighted by Crippen LogP contribution is -2.28. The quantitative estimate of drug-likeness (QED) is 0.694. The van der Waals surface area contributed by atoms with Crippen LogP contribution in [-0.2, 0) is 22.6 Å². The number of ketones is 1. The second-order valence-corrected chi connectivity index (χ2v) is 8.60. The van der Waals surface area contributed by atoms with Crippen LogP contribution in [0, 0.1) is 11.3 Å². The molecule has 1 amide bonds. The first-order valence-corrected chi connectivity index (χ1v) is 11.2. The molecule has 0 radical (unpaired) electrons. The number of aryl methyl sites for hydroxylation is 1. The number of amides is 1. The van der Waals surface area contributed by atoms with Crippen molar-refractivity contribution in [1.82, 2.24) is 15.1 Å². The average molecular weight is 433 g/mol. The first-order chi connectivity index (χ1) is 15.4. The highest BCUT2D eigenvalue weighted by Gasteiger charge is 2.14. The van der Waals surface area contributed by atoms with E-state index in [-0.39, 0.29) is 18.2 Å². The molecule has 0 bridgehead atoms. The highest BCUT2D eigenvalue weighted by molar-refractivity contribution is 5.84. The summed E-state index contributed by atoms with van der Waals surface area (Å²) in [6.45, 7) is 6.75. The lowest BCUT2D eigenvalue weighted by Gasteiger charge is -2.20. The van der Waals surface area contributed by atoms with E-state index in [1.165, 1.54) is 18.9 Å². The van der Waals surface area contributed by atoms with Crippen molar-refractivity contribution >= 4 is 11.7 Å². The lowest BCUT2D eigenvalue weighted by atomic mass is 9.96. The van der Waals surface area contributed by atoms with Gasteiger partial charge in [0.05, 0.1) is 18.2 Å². The fraction of sp³-hybridized carbons (Fsp3) is 0.423. The van der Waals surface area contributed by atoms with Crippen molar-refractivity contribution in [3.8, 4) is 17.2 Å². The summed E-state index contributed by atoms with van der Waals surface area (Å²) >= 11 is 0. The molecule has 1 aliphatic rings. The molecule has 0 aliphatic carbocycles. The Bertz CT molecular complexity index is 978. The van der Waals surface area contributed by atoms with Crippen LogP contribution in [0.1, 0.15) is 36.5 Å². The summed E-state index contributed by atoms with van der Waals surface area (Å²) in [5.74, 6) is -0.177. The molecule has 6 nitrogen and oxygen atoms in total. The van der Waals surface area contributed by atoms with Crippen LogP contribution in [0.5, 0.6) is 0 Å². The standard InChI is InChI=1S/C26H32N4O2/c1-20(31)18-28-26(32)11-7-21-4-8-23(9-5-21)25-10-6-22(16-24(25)17-27)19-30-13-3-12-29(2)14-15-30/h4-6,8-10,16H,3,7,11-15,18-19H2,1-2H3,(H,28,32). The Morgan fingerprint density at radius 2 is 1.78 bits per heavy atom. The number of benzene rings is 2. The molecule has 6 heteroatoms. The largest absolute Gasteiger partial charge is 0.349 e. The molecule has 1 fully saturated rings. The second kappa shape index (κ2) is 11.6. The van der Waals surface area contributed by atoms with E-state index in [2.05, 4.69) is 34.3 Å². The molecule has 1 saturated heterocycles. The molecule has 0 saturated carbocycles. The number of hydrogen-bond acceptors (Lipinski definition) is 5. The summed E-state index contributed by atoms with van der Waals surface area (Å²) in [7, 11) is 2.17. The topological polar surface area (TPSA) is 76.4 Å². The summed E-state index contributed by atoms with van der Waals surface area (Å²) in [5.41, 5.74) is 4.83. The molecule has 0 unspecified atom stereocenters. The first-order valence-electron chi connectivity index (χ1n) is 11.2. The maximum atomic E-state index is 11.8. The minimum atomic E-state index is -0.123. The van der Waals surface area contributed by atoms with Gasteiger partial charge in [-0.15, -0.1) is 0 Å². The van der Waals surface area contributed by atoms with Crippen LogP contribution in [0.15, 0.2) is 42.5 Å². The van der Waals surface area contributed by atoms with Crippen molar-refractivity contribution in [2.24, 2.45) is 0 Å². The van der Waals surface area contributed by atoms with Crippen molar-refractivity contribution in [3.63, 3.8) is 0 Å². The number of Topliss-reactive ketones (excluding diaryl/α,β-unsaturated/α-hetero) is 1. The zero-order valence-corrected chi connectivity index (χ0v) is 19.1. The Kier molecular flexibility index (Phi) is 8.55. The third kappa shape index (κ3) is 7.01. The number of likely N-dealkylation sites (N-methyl/N-ethyl adjacent to an activating group) is 1. The highest BCUT2D eigenvalue weighted by Crippen LogP contribution is 2.26. The van der Waals surface area contributed by atoms with Crippen molar-refractivity contribution < 1.29 is 9.59 Å². The van der Waals surface area contributed by atoms with Gasteiger partial charge in [0, 0.05) is 26.1 Å². The van der Waals surface area contributed by atoms with Crippen LogP contribution < -0.4 is 5.32 Å². The maximum Gasteiger partial charge on any atom is 0.220 e. The predicted molar refractivity (Wildman–Crippen MR) is 126 cm³/mol. The third-order valence-corrected chi connectivity index (χ3v) is 5.86. The van der Waals surface area contributed by atoms with E-state index < -0.39 is 0 Å². The van der Waals surface area contributed by atoms with Crippen LogP contribution in [0.3, 0.4) is 0 Å². The van der Waals surface area contributed by atoms with Gasteiger partial charge in [-0.25, -0.2) is 0 Å². The van der Waals surface area contributed by atoms with Gasteiger partial charge in [-0.1, -0.05) is 36.4 Å². The summed E-state index contributed by atoms with van der Waals surface area (Å²) in [4.78, 5) is 27.6. The summed E-state index contributed by atoms with van der Waals surface area (Å²) in [6.07, 6.45) is 2.13. The van der Waals surface area contributed by atoms with Crippen LogP contribution in [0.25, 0.3) is 11.1 Å². The molecule has 3 rings (SSSR count). The molecule has 0 aromatic heterocycles. The Morgan fingerprint density at radius 3 is 2.50 bits per heavy atom. The lowest BCUT2D eigenvalue weighted by molar-refractivity contribution is -0.124. The number of nitriles is 1. The van der Waals surface area contributed by atoms with Crippen LogP contribution in [0.2, 0.25) is 0 Å². The van der Waals surface area contributed by atoms with Gasteiger partial charge in [0.25, 0.3) is 0 Å². The Balaban J connectivity index is 1.62. The van der Waals surface area contributed by atoms with E-state index in [0.717, 1.165) is 49.4 Å². The molecule has 1 N–H and O–H groups in total. The fourth-order valence-corrected chi connectivity index (χ4v) is 3.97. The zero-order chi connectivity index (χ0) is 22.9. The van der Waals surface area contributed by atoms with Crippen molar-refractivity contribution in [2.75, 3.05) is 39.8 Å². The van der Waals surface area contributed by atoms with Crippen molar-refractivity contribution in [2.45, 2.75) is 32.7 Å². The Labute approximate surface area is 190 Å². The molecule has 1 aliphatic heterocycles. The monoisotopic (exact) mass is 432 g/mol. The van der Waals surface area contributed by atoms with Gasteiger partial charge in [0.15, 0.2) is 0 Å². The normalized spacial score (nSPS) is 15.0. The minimum absolute atomic E-state index is 0.0546. The second-order valence-electron chi connectivity index (χ2n) is 8.60. The summed E-state index contributed by atoms with van der Waals surface area (Å²) in [6, 6.07) is 16.5. The zero-order valence-electron chi connectivity index (χ0n) is 19.1. The van der Waals surface area contributed by atoms with E-state index in [9.17, 15) is 14.9 Å². The number of nitrogens with zero attached hydrogens (tertiary/aromatic N) is 3. The van der Waals surface area contributed by atoms with Gasteiger partial charge >= 0.3 is 0 Å². The fourth-order valence-electron chi connectivity index (χ4n) is 3.97. The van der Waals surface area contributed by atoms with E-state index in [1.54, 1.807) is 0 Å². The molecule has 2 aromatic rings. The molecule has 2 aromatic carbocycles. The molecule has 168 valence electrons. The van der Waals surface area contributed by atoms with Gasteiger partial charge in [0.2, 0.25) is 5.91 Å². The molecule has 32 heavy (non-hydrogen) atoms. The smallest absolute Gasteiger partial charge is 0.220 e. The summed E-state index contributed by atoms with van der Waals surface area (Å²) < 4.78 is 0. The van der Waals surface area contributed by atoms with Gasteiger partial charge in [-0.3, -0.25) is 14.5 Å². The molecular formula is C26H32N4O2. The number of carbonyl (C=O) groups excluding carboxylic acids is 2. The maximum absolute atomic E-state index is 11.8. The number of hydrogen-bond donors (Lipinski definition) is 1. The SMILES string of the molecule is CC(=O)CNC(=O)CCc1ccc(-c2ccc(CN3CCCN(C)CC3)cc2C#N)cc1. The number of rotatable bonds is 8. The van der Waals surface area contributed by atoms with Gasteiger partial charge < -0.3 is 10.2 Å². The van der Waals surface area contributed by atoms with Crippen molar-refractivity contribution in [1.29, 1.82) is 5.26 Å². The Morgan fingerprint density at radius 1 is 1.03 bits per heavy atom. The van der Waals surface area contributed by atoms with Crippen LogP contribution >= 0.6 is 0 Å². The molecule has 0 atom stereocenters. The van der Waals surface area contributed by atoms with Crippen molar-refractivity contribution in [3.05, 3.63) is 59.2 Å². The van der Waals surface area contributed by atoms with Crippen LogP contribution in [0.4, 0.5) is 0 Å². The summed E-state index contributed by atoms with van der Waals surface area (Å²) in [5, 5.41) is 12.4. The van der Waals surface area contributed by atoms with E-state index in [0.29, 0.717) is 18.4 Å². The third-order valence-electron chi connectivity index (χ3n) is 5.86. The molecule has 0 spiro atoms. The van der Waals surface area contributed by atoms with E-state index in [1.807, 2.05) is 36.4 Å². The highest BCUT2D eigenvalue weighted by atomic mass is 16.2. The predicted octanol–water partition coefficient (Wildman–Crippen LogP) is 3.00. The number of nitrogens with one attached hydrogen (secondary N) is 1.